The van der Waals surface area contributed by atoms with E-state index in [0.717, 1.165) is 27.8 Å². The smallest absolute Gasteiger partial charge is 0.336 e. The first-order chi connectivity index (χ1) is 15.6. The Labute approximate surface area is 183 Å². The number of amides is 1. The van der Waals surface area contributed by atoms with Crippen molar-refractivity contribution in [1.29, 1.82) is 0 Å². The monoisotopic (exact) mass is 428 g/mol. The van der Waals surface area contributed by atoms with Crippen molar-refractivity contribution < 1.29 is 18.7 Å². The molecule has 0 fully saturated rings. The molecule has 0 aliphatic heterocycles. The molecule has 0 spiro atoms. The quantitative estimate of drug-likeness (QED) is 0.273. The van der Waals surface area contributed by atoms with Crippen LogP contribution in [0.2, 0.25) is 0 Å². The third kappa shape index (κ3) is 5.02. The highest BCUT2D eigenvalue weighted by Crippen LogP contribution is 2.29. The van der Waals surface area contributed by atoms with Crippen LogP contribution >= 0.6 is 0 Å². The molecule has 1 aromatic heterocycles. The topological polar surface area (TPSA) is 90.1 Å². The summed E-state index contributed by atoms with van der Waals surface area (Å²) in [5.41, 5.74) is 4.82. The molecule has 0 aliphatic carbocycles. The lowest BCUT2D eigenvalue weighted by Crippen LogP contribution is -2.24. The predicted molar refractivity (Wildman–Crippen MR) is 122 cm³/mol. The van der Waals surface area contributed by atoms with Gasteiger partial charge in [-0.2, -0.15) is 5.10 Å². The number of fused-ring (bicyclic) bond motifs is 1. The van der Waals surface area contributed by atoms with Gasteiger partial charge in [0.1, 0.15) is 17.1 Å². The number of hydrogen-bond donors (Lipinski definition) is 1. The summed E-state index contributed by atoms with van der Waals surface area (Å²) in [5.74, 6) is 0.719. The van der Waals surface area contributed by atoms with Crippen molar-refractivity contribution in [3.05, 3.63) is 94.8 Å². The van der Waals surface area contributed by atoms with E-state index in [0.29, 0.717) is 11.3 Å². The summed E-state index contributed by atoms with van der Waals surface area (Å²) in [6.45, 7) is -0.242. The molecule has 4 rings (SSSR count). The molecular weight excluding hydrogens is 408 g/mol. The Kier molecular flexibility index (Phi) is 6.27. The molecule has 7 heteroatoms. The van der Waals surface area contributed by atoms with Crippen molar-refractivity contribution in [2.75, 3.05) is 13.7 Å². The molecule has 0 aliphatic rings. The zero-order chi connectivity index (χ0) is 22.3. The molecule has 0 unspecified atom stereocenters. The van der Waals surface area contributed by atoms with Crippen LogP contribution in [0.5, 0.6) is 11.5 Å². The van der Waals surface area contributed by atoms with Crippen LogP contribution in [0.25, 0.3) is 22.1 Å². The third-order valence-corrected chi connectivity index (χ3v) is 4.69. The van der Waals surface area contributed by atoms with Gasteiger partial charge in [0.2, 0.25) is 0 Å². The second kappa shape index (κ2) is 9.61. The minimum atomic E-state index is -0.459. The van der Waals surface area contributed by atoms with Crippen molar-refractivity contribution in [1.82, 2.24) is 5.43 Å². The van der Waals surface area contributed by atoms with E-state index < -0.39 is 11.5 Å². The second-order valence-electron chi connectivity index (χ2n) is 6.86. The number of nitrogens with one attached hydrogen (secondary N) is 1. The fraction of sp³-hybridized carbons (Fsp3) is 0.0800. The Morgan fingerprint density at radius 2 is 1.75 bits per heavy atom. The Bertz CT molecular complexity index is 1310. The number of nitrogens with zero attached hydrogens (tertiary/aromatic N) is 1. The van der Waals surface area contributed by atoms with Crippen molar-refractivity contribution in [2.45, 2.75) is 0 Å². The highest BCUT2D eigenvalue weighted by molar-refractivity contribution is 5.93. The molecule has 0 saturated heterocycles. The van der Waals surface area contributed by atoms with Crippen LogP contribution in [0.1, 0.15) is 5.56 Å². The molecule has 4 aromatic rings. The van der Waals surface area contributed by atoms with Gasteiger partial charge < -0.3 is 13.9 Å². The van der Waals surface area contributed by atoms with Gasteiger partial charge in [0.05, 0.1) is 13.3 Å². The van der Waals surface area contributed by atoms with E-state index in [4.69, 9.17) is 13.9 Å². The molecule has 7 nitrogen and oxygen atoms in total. The number of hydrazone groups is 1. The van der Waals surface area contributed by atoms with Gasteiger partial charge in [0.15, 0.2) is 6.61 Å². The van der Waals surface area contributed by atoms with Gasteiger partial charge in [-0.25, -0.2) is 10.2 Å². The molecule has 1 N–H and O–H groups in total. The number of carbonyl (C=O) groups is 1. The number of hydrogen-bond acceptors (Lipinski definition) is 6. The summed E-state index contributed by atoms with van der Waals surface area (Å²) in [5, 5.41) is 4.69. The first-order valence-corrected chi connectivity index (χ1v) is 9.84. The Hall–Kier alpha value is -4.39. The molecule has 1 heterocycles. The molecule has 160 valence electrons. The number of ether oxygens (including phenoxy) is 2. The lowest BCUT2D eigenvalue weighted by Gasteiger charge is -2.08. The summed E-state index contributed by atoms with van der Waals surface area (Å²) in [4.78, 5) is 24.1. The average Bonchev–Trinajstić information content (AvgIpc) is 2.83. The fourth-order valence-electron chi connectivity index (χ4n) is 3.14. The SMILES string of the molecule is COc1ccc(/C=N/NC(=O)COc2ccc3c(-c4ccccc4)cc(=O)oc3c2)cc1. The second-order valence-corrected chi connectivity index (χ2v) is 6.86. The minimum Gasteiger partial charge on any atom is -0.497 e. The molecule has 3 aromatic carbocycles. The summed E-state index contributed by atoms with van der Waals surface area (Å²) in [6.07, 6.45) is 1.52. The van der Waals surface area contributed by atoms with Crippen LogP contribution in [0, 0.1) is 0 Å². The summed E-state index contributed by atoms with van der Waals surface area (Å²) in [6, 6.07) is 23.4. The average molecular weight is 428 g/mol. The predicted octanol–water partition coefficient (Wildman–Crippen LogP) is 4.00. The van der Waals surface area contributed by atoms with Gasteiger partial charge in [0.25, 0.3) is 5.91 Å². The van der Waals surface area contributed by atoms with Crippen molar-refractivity contribution in [2.24, 2.45) is 5.10 Å². The van der Waals surface area contributed by atoms with E-state index in [1.807, 2.05) is 42.5 Å². The maximum absolute atomic E-state index is 12.0. The third-order valence-electron chi connectivity index (χ3n) is 4.69. The van der Waals surface area contributed by atoms with Crippen molar-refractivity contribution in [3.63, 3.8) is 0 Å². The van der Waals surface area contributed by atoms with E-state index >= 15 is 0 Å². The lowest BCUT2D eigenvalue weighted by molar-refractivity contribution is -0.123. The molecule has 0 radical (unpaired) electrons. The summed E-state index contributed by atoms with van der Waals surface area (Å²) < 4.78 is 16.0. The van der Waals surface area contributed by atoms with E-state index in [-0.39, 0.29) is 6.61 Å². The fourth-order valence-corrected chi connectivity index (χ4v) is 3.14. The van der Waals surface area contributed by atoms with Crippen LogP contribution in [-0.2, 0) is 4.79 Å². The van der Waals surface area contributed by atoms with E-state index in [1.54, 1.807) is 37.4 Å². The Morgan fingerprint density at radius 3 is 2.50 bits per heavy atom. The molecule has 0 bridgehead atoms. The Balaban J connectivity index is 1.41. The van der Waals surface area contributed by atoms with Crippen molar-refractivity contribution >= 4 is 23.1 Å². The maximum Gasteiger partial charge on any atom is 0.336 e. The number of carbonyl (C=O) groups excluding carboxylic acids is 1. The zero-order valence-corrected chi connectivity index (χ0v) is 17.3. The normalized spacial score (nSPS) is 10.9. The van der Waals surface area contributed by atoms with Crippen molar-refractivity contribution in [3.8, 4) is 22.6 Å². The maximum atomic E-state index is 12.0. The Morgan fingerprint density at radius 1 is 1.00 bits per heavy atom. The highest BCUT2D eigenvalue weighted by atomic mass is 16.5. The first-order valence-electron chi connectivity index (χ1n) is 9.84. The molecule has 0 atom stereocenters. The van der Waals surface area contributed by atoms with Crippen LogP contribution in [0.4, 0.5) is 0 Å². The highest BCUT2D eigenvalue weighted by Gasteiger charge is 2.10. The van der Waals surface area contributed by atoms with Gasteiger partial charge in [-0.1, -0.05) is 30.3 Å². The van der Waals surface area contributed by atoms with Gasteiger partial charge >= 0.3 is 5.63 Å². The van der Waals surface area contributed by atoms with Gasteiger partial charge in [-0.05, 0) is 53.1 Å². The van der Waals surface area contributed by atoms with E-state index in [1.165, 1.54) is 12.3 Å². The number of rotatable bonds is 7. The number of benzene rings is 3. The molecule has 0 saturated carbocycles. The van der Waals surface area contributed by atoms with E-state index in [2.05, 4.69) is 10.5 Å². The van der Waals surface area contributed by atoms with Gasteiger partial charge in [-0.15, -0.1) is 0 Å². The lowest BCUT2D eigenvalue weighted by atomic mass is 10.0. The van der Waals surface area contributed by atoms with E-state index in [9.17, 15) is 9.59 Å². The zero-order valence-electron chi connectivity index (χ0n) is 17.3. The standard InChI is InChI=1S/C25H20N2O5/c1-30-19-9-7-17(8-10-19)15-26-27-24(28)16-31-20-11-12-21-22(18-5-3-2-4-6-18)14-25(29)32-23(21)13-20/h2-15H,16H2,1H3,(H,27,28)/b26-15+. The summed E-state index contributed by atoms with van der Waals surface area (Å²) >= 11 is 0. The van der Waals surface area contributed by atoms with Crippen LogP contribution < -0.4 is 20.5 Å². The molecular formula is C25H20N2O5. The van der Waals surface area contributed by atoms with Crippen LogP contribution in [0.3, 0.4) is 0 Å². The van der Waals surface area contributed by atoms with Crippen LogP contribution in [0.15, 0.2) is 93.2 Å². The van der Waals surface area contributed by atoms with Gasteiger partial charge in [0, 0.05) is 17.5 Å². The minimum absolute atomic E-state index is 0.242. The van der Waals surface area contributed by atoms with Gasteiger partial charge in [-0.3, -0.25) is 4.79 Å². The number of methoxy groups -OCH3 is 1. The van der Waals surface area contributed by atoms with Crippen LogP contribution in [-0.4, -0.2) is 25.8 Å². The summed E-state index contributed by atoms with van der Waals surface area (Å²) in [7, 11) is 1.59. The first kappa shape index (κ1) is 20.9. The largest absolute Gasteiger partial charge is 0.497 e. The molecule has 32 heavy (non-hydrogen) atoms. The molecule has 1 amide bonds.